The molecule has 7 heteroatoms. The van der Waals surface area contributed by atoms with E-state index in [1.54, 1.807) is 0 Å². The van der Waals surface area contributed by atoms with E-state index in [0.717, 1.165) is 24.2 Å². The lowest BCUT2D eigenvalue weighted by Crippen LogP contribution is -2.22. The molecule has 7 nitrogen and oxygen atoms in total. The molecule has 0 spiro atoms. The highest BCUT2D eigenvalue weighted by molar-refractivity contribution is 5.95. The van der Waals surface area contributed by atoms with Crippen LogP contribution in [0, 0.1) is 10.1 Å². The van der Waals surface area contributed by atoms with Crippen LogP contribution in [-0.4, -0.2) is 24.5 Å². The number of ether oxygens (including phenoxy) is 2. The Morgan fingerprint density at radius 2 is 2.04 bits per heavy atom. The van der Waals surface area contributed by atoms with Gasteiger partial charge in [0.2, 0.25) is 0 Å². The third-order valence-electron chi connectivity index (χ3n) is 3.76. The molecule has 0 radical (unpaired) electrons. The lowest BCUT2D eigenvalue weighted by Gasteiger charge is -2.09. The van der Waals surface area contributed by atoms with Gasteiger partial charge in [0.1, 0.15) is 5.75 Å². The number of benzene rings is 2. The van der Waals surface area contributed by atoms with E-state index in [1.807, 2.05) is 24.3 Å². The Morgan fingerprint density at radius 3 is 2.73 bits per heavy atom. The van der Waals surface area contributed by atoms with Gasteiger partial charge in [-0.15, -0.1) is 0 Å². The molecule has 0 saturated carbocycles. The Kier molecular flexibility index (Phi) is 6.96. The predicted molar refractivity (Wildman–Crippen MR) is 97.7 cm³/mol. The van der Waals surface area contributed by atoms with Crippen molar-refractivity contribution >= 4 is 11.6 Å². The molecule has 2 aromatic carbocycles. The molecule has 2 aromatic rings. The number of hydrogen-bond acceptors (Lipinski definition) is 5. The number of nitro benzene ring substituents is 1. The molecule has 2 rings (SSSR count). The van der Waals surface area contributed by atoms with Crippen molar-refractivity contribution in [1.29, 1.82) is 0 Å². The molecule has 0 unspecified atom stereocenters. The number of nitrogens with zero attached hydrogens (tertiary/aromatic N) is 1. The molecule has 0 aromatic heterocycles. The number of rotatable bonds is 9. The van der Waals surface area contributed by atoms with Crippen molar-refractivity contribution in [2.45, 2.75) is 26.3 Å². The Morgan fingerprint density at radius 1 is 1.23 bits per heavy atom. The summed E-state index contributed by atoms with van der Waals surface area (Å²) in [4.78, 5) is 22.8. The second kappa shape index (κ2) is 9.41. The fraction of sp³-hybridized carbons (Fsp3) is 0.316. The number of hydrogen-bond donors (Lipinski definition) is 1. The third-order valence-corrected chi connectivity index (χ3v) is 3.76. The SMILES string of the molecule is CCCCOc1cccc(CNC(=O)c2ccc(OC)c([N+](=O)[O-])c2)c1. The monoisotopic (exact) mass is 358 g/mol. The molecule has 0 bridgehead atoms. The molecule has 0 saturated heterocycles. The van der Waals surface area contributed by atoms with Crippen LogP contribution < -0.4 is 14.8 Å². The first-order chi connectivity index (χ1) is 12.5. The van der Waals surface area contributed by atoms with Crippen LogP contribution in [0.3, 0.4) is 0 Å². The number of methoxy groups -OCH3 is 1. The second-order valence-corrected chi connectivity index (χ2v) is 5.68. The summed E-state index contributed by atoms with van der Waals surface area (Å²) in [6, 6.07) is 11.6. The van der Waals surface area contributed by atoms with Gasteiger partial charge < -0.3 is 14.8 Å². The summed E-state index contributed by atoms with van der Waals surface area (Å²) in [6.45, 7) is 3.05. The molecule has 0 heterocycles. The summed E-state index contributed by atoms with van der Waals surface area (Å²) in [6.07, 6.45) is 2.04. The highest BCUT2D eigenvalue weighted by Gasteiger charge is 2.18. The highest BCUT2D eigenvalue weighted by atomic mass is 16.6. The summed E-state index contributed by atoms with van der Waals surface area (Å²) < 4.78 is 10.6. The van der Waals surface area contributed by atoms with Crippen LogP contribution in [0.15, 0.2) is 42.5 Å². The molecule has 1 N–H and O–H groups in total. The van der Waals surface area contributed by atoms with Crippen molar-refractivity contribution in [3.8, 4) is 11.5 Å². The summed E-state index contributed by atoms with van der Waals surface area (Å²) in [5.74, 6) is 0.474. The van der Waals surface area contributed by atoms with Crippen LogP contribution in [0.25, 0.3) is 0 Å². The van der Waals surface area contributed by atoms with Gasteiger partial charge in [-0.05, 0) is 36.2 Å². The van der Waals surface area contributed by atoms with Crippen molar-refractivity contribution in [2.75, 3.05) is 13.7 Å². The van der Waals surface area contributed by atoms with Crippen LogP contribution in [0.2, 0.25) is 0 Å². The summed E-state index contributed by atoms with van der Waals surface area (Å²) in [5, 5.41) is 13.8. The molecule has 0 atom stereocenters. The maximum absolute atomic E-state index is 12.3. The van der Waals surface area contributed by atoms with Gasteiger partial charge in [0.25, 0.3) is 5.91 Å². The Hall–Kier alpha value is -3.09. The average molecular weight is 358 g/mol. The molecule has 1 amide bonds. The average Bonchev–Trinajstić information content (AvgIpc) is 2.66. The third kappa shape index (κ3) is 5.20. The maximum Gasteiger partial charge on any atom is 0.311 e. The first-order valence-corrected chi connectivity index (χ1v) is 8.37. The lowest BCUT2D eigenvalue weighted by atomic mass is 10.1. The Balaban J connectivity index is 2.01. The van der Waals surface area contributed by atoms with Crippen molar-refractivity contribution in [1.82, 2.24) is 5.32 Å². The molecule has 0 aliphatic carbocycles. The van der Waals surface area contributed by atoms with Crippen molar-refractivity contribution in [3.05, 3.63) is 63.7 Å². The van der Waals surface area contributed by atoms with Gasteiger partial charge in [-0.1, -0.05) is 25.5 Å². The fourth-order valence-electron chi connectivity index (χ4n) is 2.34. The van der Waals surface area contributed by atoms with E-state index in [2.05, 4.69) is 12.2 Å². The van der Waals surface area contributed by atoms with E-state index >= 15 is 0 Å². The minimum absolute atomic E-state index is 0.114. The van der Waals surface area contributed by atoms with E-state index in [-0.39, 0.29) is 17.0 Å². The zero-order valence-corrected chi connectivity index (χ0v) is 14.9. The number of nitrogens with one attached hydrogen (secondary N) is 1. The molecule has 0 fully saturated rings. The molecule has 26 heavy (non-hydrogen) atoms. The smallest absolute Gasteiger partial charge is 0.311 e. The molecular formula is C19H22N2O5. The quantitative estimate of drug-likeness (QED) is 0.419. The van der Waals surface area contributed by atoms with E-state index < -0.39 is 10.8 Å². The van der Waals surface area contributed by atoms with Gasteiger partial charge in [-0.2, -0.15) is 0 Å². The Bertz CT molecular complexity index is 776. The highest BCUT2D eigenvalue weighted by Crippen LogP contribution is 2.27. The van der Waals surface area contributed by atoms with Crippen LogP contribution in [0.1, 0.15) is 35.7 Å². The first-order valence-electron chi connectivity index (χ1n) is 8.37. The topological polar surface area (TPSA) is 90.7 Å². The van der Waals surface area contributed by atoms with E-state index in [0.29, 0.717) is 13.2 Å². The van der Waals surface area contributed by atoms with Gasteiger partial charge in [0.05, 0.1) is 18.6 Å². The minimum atomic E-state index is -0.577. The van der Waals surface area contributed by atoms with Gasteiger partial charge in [0.15, 0.2) is 5.75 Å². The van der Waals surface area contributed by atoms with Crippen molar-refractivity contribution in [2.24, 2.45) is 0 Å². The van der Waals surface area contributed by atoms with Crippen molar-refractivity contribution < 1.29 is 19.2 Å². The Labute approximate surface area is 152 Å². The van der Waals surface area contributed by atoms with Gasteiger partial charge >= 0.3 is 5.69 Å². The summed E-state index contributed by atoms with van der Waals surface area (Å²) in [7, 11) is 1.34. The number of nitro groups is 1. The van der Waals surface area contributed by atoms with Crippen LogP contribution in [0.4, 0.5) is 5.69 Å². The minimum Gasteiger partial charge on any atom is -0.494 e. The van der Waals surface area contributed by atoms with E-state index in [4.69, 9.17) is 9.47 Å². The van der Waals surface area contributed by atoms with Crippen molar-refractivity contribution in [3.63, 3.8) is 0 Å². The molecule has 0 aliphatic heterocycles. The van der Waals surface area contributed by atoms with Gasteiger partial charge in [0, 0.05) is 18.2 Å². The number of carbonyl (C=O) groups is 1. The van der Waals surface area contributed by atoms with Crippen LogP contribution in [-0.2, 0) is 6.54 Å². The predicted octanol–water partition coefficient (Wildman–Crippen LogP) is 3.71. The second-order valence-electron chi connectivity index (χ2n) is 5.68. The maximum atomic E-state index is 12.3. The number of carbonyl (C=O) groups excluding carboxylic acids is 1. The van der Waals surface area contributed by atoms with E-state index in [1.165, 1.54) is 25.3 Å². The zero-order chi connectivity index (χ0) is 18.9. The zero-order valence-electron chi connectivity index (χ0n) is 14.9. The largest absolute Gasteiger partial charge is 0.494 e. The van der Waals surface area contributed by atoms with Crippen LogP contribution >= 0.6 is 0 Å². The first kappa shape index (κ1) is 19.2. The lowest BCUT2D eigenvalue weighted by molar-refractivity contribution is -0.385. The van der Waals surface area contributed by atoms with E-state index in [9.17, 15) is 14.9 Å². The van der Waals surface area contributed by atoms with Crippen LogP contribution in [0.5, 0.6) is 11.5 Å². The standard InChI is InChI=1S/C19H22N2O5/c1-3-4-10-26-16-7-5-6-14(11-16)13-20-19(22)15-8-9-18(25-2)17(12-15)21(23)24/h5-9,11-12H,3-4,10,13H2,1-2H3,(H,20,22). The molecule has 138 valence electrons. The molecular weight excluding hydrogens is 336 g/mol. The number of unbranched alkanes of at least 4 members (excludes halogenated alkanes) is 1. The molecule has 0 aliphatic rings. The summed E-state index contributed by atoms with van der Waals surface area (Å²) in [5.41, 5.74) is 0.842. The van der Waals surface area contributed by atoms with Gasteiger partial charge in [-0.3, -0.25) is 14.9 Å². The fourth-order valence-corrected chi connectivity index (χ4v) is 2.34. The normalized spacial score (nSPS) is 10.2. The number of amides is 1. The van der Waals surface area contributed by atoms with Gasteiger partial charge in [-0.25, -0.2) is 0 Å². The summed E-state index contributed by atoms with van der Waals surface area (Å²) >= 11 is 0.